The van der Waals surface area contributed by atoms with Crippen molar-refractivity contribution in [2.45, 2.75) is 41.0 Å². The lowest BCUT2D eigenvalue weighted by molar-refractivity contribution is -0.143. The lowest BCUT2D eigenvalue weighted by Crippen LogP contribution is -2.07. The SMILES string of the molecule is C.C#CC#CC#CCl.CCOC(=O)Cc1ccc(Cl)c(C)c1.CCOC(=O)Cc1ccc(Cl)c(O)c1.CCl.O. The largest absolute Gasteiger partial charge is 0.506 e. The molecule has 2 aromatic rings. The molecule has 39 heavy (non-hydrogen) atoms. The van der Waals surface area contributed by atoms with Crippen LogP contribution in [-0.4, -0.2) is 42.1 Å². The van der Waals surface area contributed by atoms with Crippen molar-refractivity contribution in [2.75, 3.05) is 19.6 Å². The highest BCUT2D eigenvalue weighted by Crippen LogP contribution is 2.23. The lowest BCUT2D eigenvalue weighted by atomic mass is 10.1. The summed E-state index contributed by atoms with van der Waals surface area (Å²) in [5, 5.41) is 12.3. The van der Waals surface area contributed by atoms with Crippen molar-refractivity contribution < 1.29 is 29.6 Å². The third-order valence-corrected chi connectivity index (χ3v) is 4.62. The molecule has 0 radical (unpaired) electrons. The molecule has 0 fully saturated rings. The van der Waals surface area contributed by atoms with Crippen LogP contribution < -0.4 is 0 Å². The predicted octanol–water partition coefficient (Wildman–Crippen LogP) is 6.39. The van der Waals surface area contributed by atoms with E-state index in [0.29, 0.717) is 25.2 Å². The van der Waals surface area contributed by atoms with Crippen LogP contribution in [0, 0.1) is 42.4 Å². The minimum atomic E-state index is -0.311. The molecule has 2 aromatic carbocycles. The van der Waals surface area contributed by atoms with E-state index >= 15 is 0 Å². The number of hydrogen-bond acceptors (Lipinski definition) is 5. The van der Waals surface area contributed by atoms with Crippen molar-refractivity contribution in [2.24, 2.45) is 0 Å². The Morgan fingerprint density at radius 1 is 0.872 bits per heavy atom. The number of aromatic hydroxyl groups is 1. The molecule has 0 saturated heterocycles. The summed E-state index contributed by atoms with van der Waals surface area (Å²) < 4.78 is 9.61. The van der Waals surface area contributed by atoms with Crippen molar-refractivity contribution in [1.29, 1.82) is 0 Å². The Morgan fingerprint density at radius 3 is 1.72 bits per heavy atom. The van der Waals surface area contributed by atoms with Gasteiger partial charge in [0.25, 0.3) is 0 Å². The summed E-state index contributed by atoms with van der Waals surface area (Å²) in [6.45, 7) is 6.24. The molecular weight excluding hydrogens is 586 g/mol. The Labute approximate surface area is 252 Å². The molecule has 0 aliphatic heterocycles. The lowest BCUT2D eigenvalue weighted by Gasteiger charge is -2.03. The second-order valence-corrected chi connectivity index (χ2v) is 7.45. The summed E-state index contributed by atoms with van der Waals surface area (Å²) in [6, 6.07) is 10.2. The Kier molecular flexibility index (Phi) is 30.9. The topological polar surface area (TPSA) is 104 Å². The van der Waals surface area contributed by atoms with E-state index in [-0.39, 0.29) is 42.0 Å². The second kappa shape index (κ2) is 28.0. The number of phenols is 1. The number of terminal acetylenes is 1. The maximum atomic E-state index is 11.2. The van der Waals surface area contributed by atoms with Crippen molar-refractivity contribution in [1.82, 2.24) is 0 Å². The average Bonchev–Trinajstić information content (AvgIpc) is 2.86. The quantitative estimate of drug-likeness (QED) is 0.229. The zero-order valence-corrected chi connectivity index (χ0v) is 24.5. The molecule has 0 atom stereocenters. The molecule has 10 heteroatoms. The van der Waals surface area contributed by atoms with Crippen LogP contribution >= 0.6 is 46.4 Å². The van der Waals surface area contributed by atoms with Gasteiger partial charge in [0, 0.05) is 28.6 Å². The van der Waals surface area contributed by atoms with Crippen LogP contribution in [0.3, 0.4) is 0 Å². The zero-order chi connectivity index (χ0) is 28.6. The molecule has 0 aromatic heterocycles. The molecule has 214 valence electrons. The average molecular weight is 620 g/mol. The first kappa shape index (κ1) is 43.0. The summed E-state index contributed by atoms with van der Waals surface area (Å²) in [5.41, 5.74) is 2.60. The van der Waals surface area contributed by atoms with E-state index in [2.05, 4.69) is 40.7 Å². The molecular formula is C29H34Cl4O6. The Bertz CT molecular complexity index is 1080. The standard InChI is InChI=1S/C11H13ClO2.C10H11ClO3.C6HCl.CH3Cl.CH4.H2O/c1-3-14-11(13)7-9-4-5-10(12)8(2)6-9;1-2-14-10(13)6-7-3-4-8(11)9(12)5-7;1-2-3-4-5-6-7;1-2;;/h4-6H,3,7H2,1-2H3;3-5,12H,2,6H2,1H3;1H;1H3;1H4;1H2. The molecule has 0 spiro atoms. The highest BCUT2D eigenvalue weighted by atomic mass is 35.5. The van der Waals surface area contributed by atoms with Crippen molar-refractivity contribution in [3.05, 3.63) is 63.1 Å². The number of benzene rings is 2. The van der Waals surface area contributed by atoms with E-state index in [1.807, 2.05) is 19.1 Å². The van der Waals surface area contributed by atoms with E-state index in [0.717, 1.165) is 16.1 Å². The van der Waals surface area contributed by atoms with Crippen molar-refractivity contribution >= 4 is 58.3 Å². The number of carbonyl (C=O) groups is 2. The molecule has 0 amide bonds. The number of phenolic OH excluding ortho intramolecular Hbond substituents is 1. The molecule has 0 bridgehead atoms. The normalized spacial score (nSPS) is 7.87. The fourth-order valence-electron chi connectivity index (χ4n) is 2.33. The second-order valence-electron chi connectivity index (χ2n) is 6.45. The molecule has 0 saturated carbocycles. The molecule has 6 nitrogen and oxygen atoms in total. The minimum absolute atomic E-state index is 0. The van der Waals surface area contributed by atoms with Crippen LogP contribution in [0.15, 0.2) is 36.4 Å². The smallest absolute Gasteiger partial charge is 0.310 e. The summed E-state index contributed by atoms with van der Waals surface area (Å²) in [4.78, 5) is 22.2. The Morgan fingerprint density at radius 2 is 1.33 bits per heavy atom. The van der Waals surface area contributed by atoms with Gasteiger partial charge in [-0.05, 0) is 79.1 Å². The number of halogens is 4. The third kappa shape index (κ3) is 22.7. The predicted molar refractivity (Wildman–Crippen MR) is 162 cm³/mol. The number of esters is 2. The van der Waals surface area contributed by atoms with Crippen molar-refractivity contribution in [3.8, 4) is 41.2 Å². The van der Waals surface area contributed by atoms with E-state index in [1.54, 1.807) is 32.0 Å². The van der Waals surface area contributed by atoms with Crippen LogP contribution in [0.5, 0.6) is 5.75 Å². The van der Waals surface area contributed by atoms with Gasteiger partial charge in [-0.15, -0.1) is 18.0 Å². The first-order chi connectivity index (χ1) is 17.7. The fourth-order valence-corrected chi connectivity index (χ4v) is 2.62. The van der Waals surface area contributed by atoms with Crippen LogP contribution in [0.25, 0.3) is 0 Å². The molecule has 3 N–H and O–H groups in total. The minimum Gasteiger partial charge on any atom is -0.506 e. The van der Waals surface area contributed by atoms with Crippen LogP contribution in [-0.2, 0) is 31.9 Å². The summed E-state index contributed by atoms with van der Waals surface area (Å²) in [7, 11) is 0. The number of carbonyl (C=O) groups excluding carboxylic acids is 2. The first-order valence-corrected chi connectivity index (χ1v) is 12.5. The number of ether oxygens (including phenoxy) is 2. The first-order valence-electron chi connectivity index (χ1n) is 10.7. The number of alkyl halides is 1. The maximum Gasteiger partial charge on any atom is 0.310 e. The van der Waals surface area contributed by atoms with E-state index < -0.39 is 0 Å². The van der Waals surface area contributed by atoms with Crippen LogP contribution in [0.1, 0.15) is 38.0 Å². The Hall–Kier alpha value is -3.02. The Balaban J connectivity index is -0.000000234. The highest BCUT2D eigenvalue weighted by Gasteiger charge is 2.06. The van der Waals surface area contributed by atoms with Gasteiger partial charge in [0.1, 0.15) is 5.75 Å². The molecule has 0 aliphatic rings. The highest BCUT2D eigenvalue weighted by molar-refractivity contribution is 6.32. The van der Waals surface area contributed by atoms with Crippen LogP contribution in [0.4, 0.5) is 0 Å². The van der Waals surface area contributed by atoms with Gasteiger partial charge in [0.15, 0.2) is 0 Å². The molecule has 0 aliphatic carbocycles. The molecule has 0 unspecified atom stereocenters. The fraction of sp³-hybridized carbons (Fsp3) is 0.310. The summed E-state index contributed by atoms with van der Waals surface area (Å²) in [5.74, 6) is 8.39. The van der Waals surface area contributed by atoms with Gasteiger partial charge in [-0.2, -0.15) is 0 Å². The summed E-state index contributed by atoms with van der Waals surface area (Å²) >= 11 is 21.0. The monoisotopic (exact) mass is 618 g/mol. The number of rotatable bonds is 6. The van der Waals surface area contributed by atoms with E-state index in [9.17, 15) is 14.7 Å². The number of hydrogen-bond donors (Lipinski definition) is 1. The third-order valence-electron chi connectivity index (χ3n) is 3.78. The van der Waals surface area contributed by atoms with Gasteiger partial charge in [-0.3, -0.25) is 9.59 Å². The van der Waals surface area contributed by atoms with Gasteiger partial charge in [0.2, 0.25) is 0 Å². The van der Waals surface area contributed by atoms with Gasteiger partial charge < -0.3 is 20.1 Å². The molecule has 2 rings (SSSR count). The van der Waals surface area contributed by atoms with Gasteiger partial charge in [-0.25, -0.2) is 0 Å². The van der Waals surface area contributed by atoms with Gasteiger partial charge >= 0.3 is 11.9 Å². The van der Waals surface area contributed by atoms with Gasteiger partial charge in [-0.1, -0.05) is 48.8 Å². The van der Waals surface area contributed by atoms with Crippen LogP contribution in [0.2, 0.25) is 10.0 Å². The zero-order valence-electron chi connectivity index (χ0n) is 21.5. The van der Waals surface area contributed by atoms with E-state index in [4.69, 9.17) is 50.7 Å². The molecule has 0 heterocycles. The summed E-state index contributed by atoms with van der Waals surface area (Å²) in [6.07, 6.45) is 6.67. The number of aryl methyl sites for hydroxylation is 1. The van der Waals surface area contributed by atoms with Crippen molar-refractivity contribution in [3.63, 3.8) is 0 Å². The van der Waals surface area contributed by atoms with Gasteiger partial charge in [0.05, 0.1) is 31.1 Å². The maximum absolute atomic E-state index is 11.2. The van der Waals surface area contributed by atoms with E-state index in [1.165, 1.54) is 12.4 Å².